The fraction of sp³-hybridized carbons (Fsp3) is 0.100. The number of benzene rings is 2. The summed E-state index contributed by atoms with van der Waals surface area (Å²) in [5.41, 5.74) is 2.57. The zero-order valence-electron chi connectivity index (χ0n) is 14.5. The zero-order chi connectivity index (χ0) is 18.4. The second-order valence-electron chi connectivity index (χ2n) is 5.44. The lowest BCUT2D eigenvalue weighted by molar-refractivity contribution is 0.102. The molecule has 0 atom stereocenters. The van der Waals surface area contributed by atoms with E-state index < -0.39 is 0 Å². The van der Waals surface area contributed by atoms with E-state index >= 15 is 0 Å². The summed E-state index contributed by atoms with van der Waals surface area (Å²) in [6, 6.07) is 18.4. The highest BCUT2D eigenvalue weighted by atomic mass is 16.5. The molecule has 2 aromatic carbocycles. The maximum Gasteiger partial charge on any atom is 0.274 e. The fourth-order valence-electron chi connectivity index (χ4n) is 2.39. The van der Waals surface area contributed by atoms with E-state index in [2.05, 4.69) is 15.6 Å². The molecule has 1 amide bonds. The summed E-state index contributed by atoms with van der Waals surface area (Å²) >= 11 is 0. The first kappa shape index (κ1) is 17.3. The molecular weight excluding hydrogens is 330 g/mol. The summed E-state index contributed by atoms with van der Waals surface area (Å²) in [7, 11) is 3.10. The summed E-state index contributed by atoms with van der Waals surface area (Å²) in [6.45, 7) is 0. The Hall–Kier alpha value is -3.54. The van der Waals surface area contributed by atoms with Gasteiger partial charge in [0.2, 0.25) is 0 Å². The number of nitrogens with zero attached hydrogens (tertiary/aromatic N) is 1. The lowest BCUT2D eigenvalue weighted by Crippen LogP contribution is -2.14. The summed E-state index contributed by atoms with van der Waals surface area (Å²) in [5.74, 6) is 0.834. The van der Waals surface area contributed by atoms with Crippen LogP contribution >= 0.6 is 0 Å². The molecule has 3 aromatic rings. The molecule has 26 heavy (non-hydrogen) atoms. The molecule has 0 spiro atoms. The van der Waals surface area contributed by atoms with Gasteiger partial charge < -0.3 is 20.1 Å². The second-order valence-corrected chi connectivity index (χ2v) is 5.44. The van der Waals surface area contributed by atoms with Gasteiger partial charge in [0.15, 0.2) is 0 Å². The number of carbonyl (C=O) groups is 1. The highest BCUT2D eigenvalue weighted by Crippen LogP contribution is 2.29. The van der Waals surface area contributed by atoms with Crippen molar-refractivity contribution in [2.75, 3.05) is 24.9 Å². The van der Waals surface area contributed by atoms with Crippen molar-refractivity contribution in [3.05, 3.63) is 72.6 Å². The van der Waals surface area contributed by atoms with Gasteiger partial charge in [-0.15, -0.1) is 0 Å². The van der Waals surface area contributed by atoms with Crippen LogP contribution in [0.25, 0.3) is 0 Å². The number of nitrogens with one attached hydrogen (secondary N) is 2. The Morgan fingerprint density at radius 1 is 0.923 bits per heavy atom. The SMILES string of the molecule is COc1ccc(OC)c(NC(=O)c2ccc(Nc3ccccc3)cn2)c1. The number of para-hydroxylation sites is 1. The maximum atomic E-state index is 12.5. The average Bonchev–Trinajstić information content (AvgIpc) is 2.69. The first-order valence-corrected chi connectivity index (χ1v) is 8.01. The molecule has 2 N–H and O–H groups in total. The van der Waals surface area contributed by atoms with Gasteiger partial charge in [0, 0.05) is 11.8 Å². The molecule has 6 heteroatoms. The Kier molecular flexibility index (Phi) is 5.34. The van der Waals surface area contributed by atoms with E-state index in [0.29, 0.717) is 22.9 Å². The van der Waals surface area contributed by atoms with Crippen molar-refractivity contribution < 1.29 is 14.3 Å². The van der Waals surface area contributed by atoms with Gasteiger partial charge in [-0.1, -0.05) is 18.2 Å². The number of methoxy groups -OCH3 is 2. The molecule has 0 aliphatic carbocycles. The van der Waals surface area contributed by atoms with Crippen molar-refractivity contribution in [2.24, 2.45) is 0 Å². The molecule has 6 nitrogen and oxygen atoms in total. The van der Waals surface area contributed by atoms with Crippen molar-refractivity contribution in [2.45, 2.75) is 0 Å². The zero-order valence-corrected chi connectivity index (χ0v) is 14.5. The number of rotatable bonds is 6. The molecular formula is C20H19N3O3. The third kappa shape index (κ3) is 4.10. The smallest absolute Gasteiger partial charge is 0.274 e. The van der Waals surface area contributed by atoms with Gasteiger partial charge in [-0.2, -0.15) is 0 Å². The van der Waals surface area contributed by atoms with Gasteiger partial charge in [0.05, 0.1) is 31.8 Å². The molecule has 3 rings (SSSR count). The second kappa shape index (κ2) is 8.02. The van der Waals surface area contributed by atoms with E-state index in [1.807, 2.05) is 30.3 Å². The van der Waals surface area contributed by atoms with Crippen LogP contribution in [0.15, 0.2) is 66.9 Å². The summed E-state index contributed by atoms with van der Waals surface area (Å²) < 4.78 is 10.4. The van der Waals surface area contributed by atoms with E-state index in [-0.39, 0.29) is 5.91 Å². The average molecular weight is 349 g/mol. The third-order valence-electron chi connectivity index (χ3n) is 3.71. The quantitative estimate of drug-likeness (QED) is 0.701. The molecule has 0 fully saturated rings. The van der Waals surface area contributed by atoms with Crippen molar-refractivity contribution >= 4 is 23.0 Å². The molecule has 1 heterocycles. The lowest BCUT2D eigenvalue weighted by Gasteiger charge is -2.12. The molecule has 0 bridgehead atoms. The summed E-state index contributed by atoms with van der Waals surface area (Å²) in [4.78, 5) is 16.7. The topological polar surface area (TPSA) is 72.5 Å². The Morgan fingerprint density at radius 2 is 1.73 bits per heavy atom. The number of hydrogen-bond acceptors (Lipinski definition) is 5. The normalized spacial score (nSPS) is 10.1. The molecule has 0 radical (unpaired) electrons. The minimum Gasteiger partial charge on any atom is -0.497 e. The van der Waals surface area contributed by atoms with Gasteiger partial charge in [-0.05, 0) is 36.4 Å². The number of amides is 1. The highest BCUT2D eigenvalue weighted by molar-refractivity contribution is 6.03. The standard InChI is InChI=1S/C20H19N3O3/c1-25-16-9-11-19(26-2)18(12-16)23-20(24)17-10-8-15(13-21-17)22-14-6-4-3-5-7-14/h3-13,22H,1-2H3,(H,23,24). The van der Waals surface area contributed by atoms with Crippen molar-refractivity contribution in [1.29, 1.82) is 0 Å². The number of carbonyl (C=O) groups excluding carboxylic acids is 1. The first-order valence-electron chi connectivity index (χ1n) is 8.01. The number of hydrogen-bond donors (Lipinski definition) is 2. The van der Waals surface area contributed by atoms with Crippen molar-refractivity contribution in [3.8, 4) is 11.5 Å². The van der Waals surface area contributed by atoms with Crippen LogP contribution in [0.4, 0.5) is 17.1 Å². The minimum atomic E-state index is -0.331. The first-order chi connectivity index (χ1) is 12.7. The van der Waals surface area contributed by atoms with Gasteiger partial charge in [0.25, 0.3) is 5.91 Å². The number of ether oxygens (including phenoxy) is 2. The van der Waals surface area contributed by atoms with Gasteiger partial charge in [0.1, 0.15) is 17.2 Å². The van der Waals surface area contributed by atoms with Crippen LogP contribution in [0, 0.1) is 0 Å². The highest BCUT2D eigenvalue weighted by Gasteiger charge is 2.12. The molecule has 1 aromatic heterocycles. The van der Waals surface area contributed by atoms with Crippen LogP contribution in [-0.2, 0) is 0 Å². The van der Waals surface area contributed by atoms with Crippen LogP contribution in [-0.4, -0.2) is 25.1 Å². The minimum absolute atomic E-state index is 0.300. The largest absolute Gasteiger partial charge is 0.497 e. The molecule has 0 aliphatic rings. The van der Waals surface area contributed by atoms with Gasteiger partial charge >= 0.3 is 0 Å². The van der Waals surface area contributed by atoms with Crippen LogP contribution in [0.5, 0.6) is 11.5 Å². The fourth-order valence-corrected chi connectivity index (χ4v) is 2.39. The number of anilines is 3. The monoisotopic (exact) mass is 349 g/mol. The molecule has 0 saturated heterocycles. The van der Waals surface area contributed by atoms with E-state index in [1.54, 1.807) is 50.7 Å². The summed E-state index contributed by atoms with van der Waals surface area (Å²) in [6.07, 6.45) is 1.62. The van der Waals surface area contributed by atoms with E-state index in [4.69, 9.17) is 9.47 Å². The van der Waals surface area contributed by atoms with Crippen LogP contribution in [0.2, 0.25) is 0 Å². The van der Waals surface area contributed by atoms with E-state index in [1.165, 1.54) is 0 Å². The Bertz CT molecular complexity index is 881. The van der Waals surface area contributed by atoms with Crippen LogP contribution in [0.3, 0.4) is 0 Å². The predicted molar refractivity (Wildman–Crippen MR) is 101 cm³/mol. The number of aromatic nitrogens is 1. The molecule has 0 aliphatic heterocycles. The van der Waals surface area contributed by atoms with Crippen molar-refractivity contribution in [1.82, 2.24) is 4.98 Å². The molecule has 132 valence electrons. The van der Waals surface area contributed by atoms with Crippen molar-refractivity contribution in [3.63, 3.8) is 0 Å². The Balaban J connectivity index is 1.72. The van der Waals surface area contributed by atoms with E-state index in [0.717, 1.165) is 11.4 Å². The third-order valence-corrected chi connectivity index (χ3v) is 3.71. The van der Waals surface area contributed by atoms with Gasteiger partial charge in [-0.25, -0.2) is 4.98 Å². The lowest BCUT2D eigenvalue weighted by atomic mass is 10.2. The Morgan fingerprint density at radius 3 is 2.38 bits per heavy atom. The predicted octanol–water partition coefficient (Wildman–Crippen LogP) is 4.09. The molecule has 0 saturated carbocycles. The molecule has 0 unspecified atom stereocenters. The van der Waals surface area contributed by atoms with E-state index in [9.17, 15) is 4.79 Å². The van der Waals surface area contributed by atoms with Gasteiger partial charge in [-0.3, -0.25) is 4.79 Å². The number of pyridine rings is 1. The Labute approximate surface area is 151 Å². The van der Waals surface area contributed by atoms with Crippen LogP contribution < -0.4 is 20.1 Å². The maximum absolute atomic E-state index is 12.5. The summed E-state index contributed by atoms with van der Waals surface area (Å²) in [5, 5.41) is 6.02. The van der Waals surface area contributed by atoms with Crippen LogP contribution in [0.1, 0.15) is 10.5 Å².